The van der Waals surface area contributed by atoms with Crippen molar-refractivity contribution in [1.29, 1.82) is 0 Å². The predicted molar refractivity (Wildman–Crippen MR) is 89.0 cm³/mol. The standard InChI is InChI=1S/C16H19N3O2.ClH/c17-9-8-15(20)18-11-13-4-6-14(7-5-13)12-19-10-2-1-3-16(19)21;/h1-7,10H,8-9,11-12,17H2,(H,18,20);1H. The van der Waals surface area contributed by atoms with Crippen LogP contribution in [0.5, 0.6) is 0 Å². The quantitative estimate of drug-likeness (QED) is 0.841. The van der Waals surface area contributed by atoms with Gasteiger partial charge in [-0.3, -0.25) is 9.59 Å². The normalized spacial score (nSPS) is 9.86. The van der Waals surface area contributed by atoms with E-state index in [-0.39, 0.29) is 23.9 Å². The van der Waals surface area contributed by atoms with Crippen LogP contribution in [0.4, 0.5) is 0 Å². The SMILES string of the molecule is Cl.NCCC(=O)NCc1ccc(Cn2ccccc2=O)cc1. The maximum Gasteiger partial charge on any atom is 0.250 e. The lowest BCUT2D eigenvalue weighted by Gasteiger charge is -2.07. The molecule has 118 valence electrons. The number of hydrogen-bond donors (Lipinski definition) is 2. The number of carbonyl (C=O) groups excluding carboxylic acids is 1. The molecule has 0 atom stereocenters. The molecule has 1 aromatic heterocycles. The number of hydrogen-bond acceptors (Lipinski definition) is 3. The minimum atomic E-state index is -0.0441. The summed E-state index contributed by atoms with van der Waals surface area (Å²) in [6.07, 6.45) is 2.11. The van der Waals surface area contributed by atoms with E-state index in [1.165, 1.54) is 0 Å². The van der Waals surface area contributed by atoms with E-state index >= 15 is 0 Å². The van der Waals surface area contributed by atoms with Crippen LogP contribution in [0.3, 0.4) is 0 Å². The first-order valence-corrected chi connectivity index (χ1v) is 6.89. The number of nitrogens with two attached hydrogens (primary N) is 1. The average Bonchev–Trinajstić information content (AvgIpc) is 2.49. The van der Waals surface area contributed by atoms with Gasteiger partial charge in [-0.2, -0.15) is 0 Å². The van der Waals surface area contributed by atoms with Gasteiger partial charge >= 0.3 is 0 Å². The van der Waals surface area contributed by atoms with Crippen molar-refractivity contribution in [3.05, 3.63) is 70.1 Å². The molecule has 0 aliphatic carbocycles. The van der Waals surface area contributed by atoms with E-state index in [2.05, 4.69) is 5.32 Å². The second-order valence-corrected chi connectivity index (χ2v) is 4.80. The van der Waals surface area contributed by atoms with Gasteiger partial charge in [0.25, 0.3) is 5.56 Å². The highest BCUT2D eigenvalue weighted by Crippen LogP contribution is 2.05. The van der Waals surface area contributed by atoms with E-state index < -0.39 is 0 Å². The van der Waals surface area contributed by atoms with Gasteiger partial charge in [-0.15, -0.1) is 12.4 Å². The van der Waals surface area contributed by atoms with Gasteiger partial charge in [0.05, 0.1) is 6.54 Å². The molecule has 1 aromatic carbocycles. The van der Waals surface area contributed by atoms with E-state index in [0.29, 0.717) is 26.1 Å². The van der Waals surface area contributed by atoms with Crippen LogP contribution in [-0.2, 0) is 17.9 Å². The summed E-state index contributed by atoms with van der Waals surface area (Å²) in [7, 11) is 0. The molecule has 5 nitrogen and oxygen atoms in total. The summed E-state index contributed by atoms with van der Waals surface area (Å²) in [5.41, 5.74) is 7.36. The Balaban J connectivity index is 0.00000242. The molecule has 0 bridgehead atoms. The minimum Gasteiger partial charge on any atom is -0.352 e. The van der Waals surface area contributed by atoms with Crippen molar-refractivity contribution in [2.24, 2.45) is 5.73 Å². The maximum absolute atomic E-state index is 11.6. The topological polar surface area (TPSA) is 77.1 Å². The van der Waals surface area contributed by atoms with E-state index in [1.54, 1.807) is 22.9 Å². The smallest absolute Gasteiger partial charge is 0.250 e. The summed E-state index contributed by atoms with van der Waals surface area (Å²) in [6.45, 7) is 1.39. The fourth-order valence-electron chi connectivity index (χ4n) is 1.97. The zero-order valence-corrected chi connectivity index (χ0v) is 13.0. The zero-order valence-electron chi connectivity index (χ0n) is 12.2. The lowest BCUT2D eigenvalue weighted by molar-refractivity contribution is -0.121. The van der Waals surface area contributed by atoms with E-state index in [0.717, 1.165) is 11.1 Å². The van der Waals surface area contributed by atoms with Gasteiger partial charge in [0.1, 0.15) is 0 Å². The van der Waals surface area contributed by atoms with Crippen LogP contribution in [-0.4, -0.2) is 17.0 Å². The highest BCUT2D eigenvalue weighted by Gasteiger charge is 2.01. The maximum atomic E-state index is 11.6. The molecule has 0 spiro atoms. The highest BCUT2D eigenvalue weighted by atomic mass is 35.5. The molecule has 0 radical (unpaired) electrons. The molecule has 1 amide bonds. The second kappa shape index (κ2) is 9.02. The third kappa shape index (κ3) is 5.35. The van der Waals surface area contributed by atoms with Crippen LogP contribution in [0.2, 0.25) is 0 Å². The van der Waals surface area contributed by atoms with E-state index in [1.807, 2.05) is 30.3 Å². The summed E-state index contributed by atoms with van der Waals surface area (Å²) in [6, 6.07) is 12.9. The Hall–Kier alpha value is -2.11. The van der Waals surface area contributed by atoms with Gasteiger partial charge in [0.2, 0.25) is 5.91 Å². The van der Waals surface area contributed by atoms with Crippen LogP contribution in [0.25, 0.3) is 0 Å². The number of rotatable bonds is 6. The van der Waals surface area contributed by atoms with Gasteiger partial charge in [-0.05, 0) is 17.2 Å². The van der Waals surface area contributed by atoms with Crippen molar-refractivity contribution in [3.8, 4) is 0 Å². The Morgan fingerprint density at radius 2 is 1.77 bits per heavy atom. The number of aromatic nitrogens is 1. The Labute approximate surface area is 135 Å². The number of benzene rings is 1. The van der Waals surface area contributed by atoms with E-state index in [4.69, 9.17) is 5.73 Å². The average molecular weight is 322 g/mol. The van der Waals surface area contributed by atoms with Crippen molar-refractivity contribution in [1.82, 2.24) is 9.88 Å². The molecule has 22 heavy (non-hydrogen) atoms. The molecule has 6 heteroatoms. The summed E-state index contributed by atoms with van der Waals surface area (Å²) in [5.74, 6) is -0.0441. The highest BCUT2D eigenvalue weighted by molar-refractivity contribution is 5.85. The summed E-state index contributed by atoms with van der Waals surface area (Å²) < 4.78 is 1.65. The Morgan fingerprint density at radius 1 is 1.09 bits per heavy atom. The minimum absolute atomic E-state index is 0. The molecule has 0 aliphatic heterocycles. The van der Waals surface area contributed by atoms with Gasteiger partial charge in [-0.25, -0.2) is 0 Å². The zero-order chi connectivity index (χ0) is 15.1. The van der Waals surface area contributed by atoms with Crippen LogP contribution < -0.4 is 16.6 Å². The number of amides is 1. The molecule has 0 fully saturated rings. The summed E-state index contributed by atoms with van der Waals surface area (Å²) in [5, 5.41) is 2.80. The summed E-state index contributed by atoms with van der Waals surface area (Å²) in [4.78, 5) is 23.0. The van der Waals surface area contributed by atoms with Crippen LogP contribution >= 0.6 is 12.4 Å². The van der Waals surface area contributed by atoms with Gasteiger partial charge in [-0.1, -0.05) is 30.3 Å². The second-order valence-electron chi connectivity index (χ2n) is 4.80. The monoisotopic (exact) mass is 321 g/mol. The molecule has 0 saturated heterocycles. The first-order chi connectivity index (χ1) is 10.2. The molecule has 1 heterocycles. The van der Waals surface area contributed by atoms with Gasteiger partial charge < -0.3 is 15.6 Å². The molecule has 0 unspecified atom stereocenters. The van der Waals surface area contributed by atoms with Crippen molar-refractivity contribution < 1.29 is 4.79 Å². The Kier molecular flexibility index (Phi) is 7.36. The fraction of sp³-hybridized carbons (Fsp3) is 0.250. The summed E-state index contributed by atoms with van der Waals surface area (Å²) >= 11 is 0. The van der Waals surface area contributed by atoms with Crippen molar-refractivity contribution in [3.63, 3.8) is 0 Å². The Bertz CT molecular complexity index is 653. The molecule has 2 aromatic rings. The third-order valence-corrected chi connectivity index (χ3v) is 3.14. The van der Waals surface area contributed by atoms with Gasteiger partial charge in [0, 0.05) is 31.8 Å². The van der Waals surface area contributed by atoms with Crippen molar-refractivity contribution >= 4 is 18.3 Å². The van der Waals surface area contributed by atoms with Crippen molar-refractivity contribution in [2.75, 3.05) is 6.54 Å². The fourth-order valence-corrected chi connectivity index (χ4v) is 1.97. The number of nitrogens with zero attached hydrogens (tertiary/aromatic N) is 1. The van der Waals surface area contributed by atoms with Crippen LogP contribution in [0, 0.1) is 0 Å². The largest absolute Gasteiger partial charge is 0.352 e. The lowest BCUT2D eigenvalue weighted by Crippen LogP contribution is -2.25. The van der Waals surface area contributed by atoms with Crippen LogP contribution in [0.1, 0.15) is 17.5 Å². The predicted octanol–water partition coefficient (Wildman–Crippen LogP) is 1.28. The first kappa shape index (κ1) is 17.9. The number of carbonyl (C=O) groups is 1. The van der Waals surface area contributed by atoms with Crippen molar-refractivity contribution in [2.45, 2.75) is 19.5 Å². The molecular formula is C16H20ClN3O2. The number of nitrogens with one attached hydrogen (secondary N) is 1. The molecule has 3 N–H and O–H groups in total. The third-order valence-electron chi connectivity index (χ3n) is 3.14. The van der Waals surface area contributed by atoms with Crippen LogP contribution in [0.15, 0.2) is 53.5 Å². The Morgan fingerprint density at radius 3 is 2.41 bits per heavy atom. The molecule has 0 saturated carbocycles. The number of halogens is 1. The molecule has 2 rings (SSSR count). The molecular weight excluding hydrogens is 302 g/mol. The van der Waals surface area contributed by atoms with E-state index in [9.17, 15) is 9.59 Å². The number of pyridine rings is 1. The molecule has 0 aliphatic rings. The van der Waals surface area contributed by atoms with Gasteiger partial charge in [0.15, 0.2) is 0 Å². The first-order valence-electron chi connectivity index (χ1n) is 6.89. The lowest BCUT2D eigenvalue weighted by atomic mass is 10.1.